The summed E-state index contributed by atoms with van der Waals surface area (Å²) in [6.45, 7) is 2.48. The van der Waals surface area contributed by atoms with E-state index in [2.05, 4.69) is 6.92 Å². The van der Waals surface area contributed by atoms with Crippen LogP contribution in [0.4, 0.5) is 0 Å². The number of hydrogen-bond acceptors (Lipinski definition) is 5. The summed E-state index contributed by atoms with van der Waals surface area (Å²) in [7, 11) is 3.23. The zero-order chi connectivity index (χ0) is 19.1. The Balaban J connectivity index is 2.54. The van der Waals surface area contributed by atoms with Gasteiger partial charge in [0.15, 0.2) is 0 Å². The summed E-state index contributed by atoms with van der Waals surface area (Å²) in [4.78, 5) is 0. The molecule has 0 heterocycles. The van der Waals surface area contributed by atoms with Gasteiger partial charge in [-0.2, -0.15) is 0 Å². The molecule has 0 bridgehead atoms. The summed E-state index contributed by atoms with van der Waals surface area (Å²) in [5.41, 5.74) is 8.45. The maximum Gasteiger partial charge on any atom is 0.127 e. The van der Waals surface area contributed by atoms with Crippen LogP contribution in [0.2, 0.25) is 0 Å². The van der Waals surface area contributed by atoms with Crippen LogP contribution in [0.5, 0.6) is 23.0 Å². The largest absolute Gasteiger partial charge is 0.508 e. The predicted molar refractivity (Wildman–Crippen MR) is 103 cm³/mol. The Hall–Kier alpha value is -2.40. The fourth-order valence-electron chi connectivity index (χ4n) is 3.33. The first kappa shape index (κ1) is 19.9. The fourth-order valence-corrected chi connectivity index (χ4v) is 3.33. The molecule has 26 heavy (non-hydrogen) atoms. The molecule has 0 aromatic heterocycles. The molecule has 0 saturated heterocycles. The summed E-state index contributed by atoms with van der Waals surface area (Å²) in [5, 5.41) is 20.0. The summed E-state index contributed by atoms with van der Waals surface area (Å²) >= 11 is 0. The molecule has 1 unspecified atom stereocenters. The van der Waals surface area contributed by atoms with Crippen molar-refractivity contribution in [1.29, 1.82) is 0 Å². The molecule has 142 valence electrons. The number of methoxy groups -OCH3 is 2. The maximum absolute atomic E-state index is 10.4. The Morgan fingerprint density at radius 2 is 1.65 bits per heavy atom. The minimum atomic E-state index is -0.0308. The topological polar surface area (TPSA) is 84.9 Å². The number of phenols is 2. The van der Waals surface area contributed by atoms with Gasteiger partial charge in [0.05, 0.1) is 14.2 Å². The van der Waals surface area contributed by atoms with E-state index in [9.17, 15) is 10.2 Å². The van der Waals surface area contributed by atoms with Crippen LogP contribution in [0.1, 0.15) is 55.2 Å². The van der Waals surface area contributed by atoms with Crippen molar-refractivity contribution in [3.63, 3.8) is 0 Å². The van der Waals surface area contributed by atoms with Gasteiger partial charge in [0.1, 0.15) is 23.0 Å². The number of nitrogens with two attached hydrogens (primary N) is 1. The van der Waals surface area contributed by atoms with Gasteiger partial charge in [0, 0.05) is 29.7 Å². The lowest BCUT2D eigenvalue weighted by atomic mass is 9.85. The van der Waals surface area contributed by atoms with Crippen molar-refractivity contribution in [2.75, 3.05) is 14.2 Å². The third kappa shape index (κ3) is 4.41. The third-order valence-corrected chi connectivity index (χ3v) is 4.72. The molecule has 4 N–H and O–H groups in total. The van der Waals surface area contributed by atoms with Crippen LogP contribution in [-0.2, 0) is 6.54 Å². The molecule has 2 aromatic carbocycles. The first-order chi connectivity index (χ1) is 12.5. The van der Waals surface area contributed by atoms with Crippen molar-refractivity contribution in [1.82, 2.24) is 0 Å². The van der Waals surface area contributed by atoms with E-state index in [4.69, 9.17) is 15.2 Å². The van der Waals surface area contributed by atoms with Gasteiger partial charge in [0.2, 0.25) is 0 Å². The Labute approximate surface area is 155 Å². The molecule has 0 aliphatic carbocycles. The number of benzene rings is 2. The zero-order valence-corrected chi connectivity index (χ0v) is 15.8. The number of ether oxygens (including phenoxy) is 2. The van der Waals surface area contributed by atoms with Gasteiger partial charge in [-0.05, 0) is 30.2 Å². The lowest BCUT2D eigenvalue weighted by molar-refractivity contribution is 0.383. The number of hydrogen-bond donors (Lipinski definition) is 3. The highest BCUT2D eigenvalue weighted by molar-refractivity contribution is 5.52. The highest BCUT2D eigenvalue weighted by atomic mass is 16.5. The van der Waals surface area contributed by atoms with Gasteiger partial charge >= 0.3 is 0 Å². The van der Waals surface area contributed by atoms with Crippen LogP contribution < -0.4 is 15.2 Å². The van der Waals surface area contributed by atoms with Gasteiger partial charge < -0.3 is 25.4 Å². The second-order valence-electron chi connectivity index (χ2n) is 6.40. The van der Waals surface area contributed by atoms with Crippen LogP contribution in [0.3, 0.4) is 0 Å². The van der Waals surface area contributed by atoms with Gasteiger partial charge in [-0.3, -0.25) is 0 Å². The monoisotopic (exact) mass is 359 g/mol. The van der Waals surface area contributed by atoms with E-state index in [-0.39, 0.29) is 17.4 Å². The molecule has 0 spiro atoms. The molecule has 0 radical (unpaired) electrons. The standard InChI is InChI=1S/C21H29NO4/c1-4-5-6-7-16(17-9-8-15(23)12-19(17)24)14-10-20(25-2)18(13-22)21(11-14)26-3/h8-12,16,23-24H,4-7,13,22H2,1-3H3. The fraction of sp³-hybridized carbons (Fsp3) is 0.429. The second-order valence-corrected chi connectivity index (χ2v) is 6.40. The van der Waals surface area contributed by atoms with Crippen molar-refractivity contribution in [2.45, 2.75) is 45.1 Å². The summed E-state index contributed by atoms with van der Waals surface area (Å²) < 4.78 is 11.0. The molecular weight excluding hydrogens is 330 g/mol. The smallest absolute Gasteiger partial charge is 0.127 e. The first-order valence-electron chi connectivity index (χ1n) is 9.02. The molecule has 0 amide bonds. The Bertz CT molecular complexity index is 705. The van der Waals surface area contributed by atoms with E-state index in [1.165, 1.54) is 6.07 Å². The van der Waals surface area contributed by atoms with E-state index < -0.39 is 0 Å². The Kier molecular flexibility index (Phi) is 7.16. The first-order valence-corrected chi connectivity index (χ1v) is 9.02. The summed E-state index contributed by atoms with van der Waals surface area (Å²) in [5.74, 6) is 1.47. The number of aromatic hydroxyl groups is 2. The average molecular weight is 359 g/mol. The van der Waals surface area contributed by atoms with E-state index in [1.54, 1.807) is 26.4 Å². The summed E-state index contributed by atoms with van der Waals surface area (Å²) in [6.07, 6.45) is 4.14. The molecule has 0 aliphatic heterocycles. The molecule has 5 nitrogen and oxygen atoms in total. The van der Waals surface area contributed by atoms with Crippen molar-refractivity contribution in [3.8, 4) is 23.0 Å². The molecular formula is C21H29NO4. The van der Waals surface area contributed by atoms with Crippen LogP contribution in [-0.4, -0.2) is 24.4 Å². The average Bonchev–Trinajstić information content (AvgIpc) is 2.64. The zero-order valence-electron chi connectivity index (χ0n) is 15.8. The van der Waals surface area contributed by atoms with Crippen LogP contribution in [0.25, 0.3) is 0 Å². The predicted octanol–water partition coefficient (Wildman–Crippen LogP) is 4.29. The maximum atomic E-state index is 10.4. The number of phenolic OH excluding ortho intramolecular Hbond substituents is 2. The second kappa shape index (κ2) is 9.34. The quantitative estimate of drug-likeness (QED) is 0.582. The van der Waals surface area contributed by atoms with Crippen LogP contribution in [0, 0.1) is 0 Å². The SMILES string of the molecule is CCCCCC(c1cc(OC)c(CN)c(OC)c1)c1ccc(O)cc1O. The highest BCUT2D eigenvalue weighted by Crippen LogP contribution is 2.41. The molecule has 1 atom stereocenters. The van der Waals surface area contributed by atoms with Crippen LogP contribution >= 0.6 is 0 Å². The number of rotatable bonds is 9. The lowest BCUT2D eigenvalue weighted by Gasteiger charge is -2.22. The molecule has 5 heteroatoms. The van der Waals surface area contributed by atoms with Crippen molar-refractivity contribution >= 4 is 0 Å². The van der Waals surface area contributed by atoms with Crippen LogP contribution in [0.15, 0.2) is 30.3 Å². The van der Waals surface area contributed by atoms with Crippen molar-refractivity contribution < 1.29 is 19.7 Å². The summed E-state index contributed by atoms with van der Waals surface area (Å²) in [6, 6.07) is 8.69. The van der Waals surface area contributed by atoms with E-state index in [0.29, 0.717) is 18.0 Å². The molecule has 0 aliphatic rings. The molecule has 0 saturated carbocycles. The molecule has 2 aromatic rings. The number of unbranched alkanes of at least 4 members (excludes halogenated alkanes) is 2. The lowest BCUT2D eigenvalue weighted by Crippen LogP contribution is -2.07. The van der Waals surface area contributed by atoms with E-state index >= 15 is 0 Å². The minimum Gasteiger partial charge on any atom is -0.508 e. The van der Waals surface area contributed by atoms with Gasteiger partial charge in [0.25, 0.3) is 0 Å². The van der Waals surface area contributed by atoms with E-state index in [1.807, 2.05) is 12.1 Å². The minimum absolute atomic E-state index is 0.0308. The molecule has 2 rings (SSSR count). The Morgan fingerprint density at radius 3 is 2.15 bits per heavy atom. The van der Waals surface area contributed by atoms with E-state index in [0.717, 1.165) is 42.4 Å². The molecule has 0 fully saturated rings. The normalized spacial score (nSPS) is 12.0. The Morgan fingerprint density at radius 1 is 1.00 bits per heavy atom. The van der Waals surface area contributed by atoms with Crippen molar-refractivity contribution in [2.24, 2.45) is 5.73 Å². The van der Waals surface area contributed by atoms with Crippen molar-refractivity contribution in [3.05, 3.63) is 47.0 Å². The van der Waals surface area contributed by atoms with Gasteiger partial charge in [-0.15, -0.1) is 0 Å². The van der Waals surface area contributed by atoms with Gasteiger partial charge in [-0.25, -0.2) is 0 Å². The van der Waals surface area contributed by atoms with Gasteiger partial charge in [-0.1, -0.05) is 32.3 Å². The highest BCUT2D eigenvalue weighted by Gasteiger charge is 2.21. The third-order valence-electron chi connectivity index (χ3n) is 4.72.